The Morgan fingerprint density at radius 1 is 1.43 bits per heavy atom. The molecule has 2 amide bonds. The van der Waals surface area contributed by atoms with Crippen LogP contribution < -0.4 is 5.32 Å². The number of likely N-dealkylation sites (tertiary alicyclic amines) is 1. The van der Waals surface area contributed by atoms with Crippen LogP contribution in [-0.4, -0.2) is 37.8 Å². The standard InChI is InChI=1S/C16H19N5O2/c1-20-11-17-7-14(20)8-19-16(23)12-6-15(22)21(9-12)10-13-4-2-3-5-18-13/h2-5,7,11-12H,6,8-10H2,1H3,(H,19,23). The number of hydrogen-bond donors (Lipinski definition) is 1. The van der Waals surface area contributed by atoms with Crippen LogP contribution in [-0.2, 0) is 29.7 Å². The number of hydrogen-bond acceptors (Lipinski definition) is 4. The Morgan fingerprint density at radius 3 is 3.00 bits per heavy atom. The minimum atomic E-state index is -0.306. The van der Waals surface area contributed by atoms with Crippen molar-refractivity contribution in [2.24, 2.45) is 13.0 Å². The molecule has 0 spiro atoms. The number of imidazole rings is 1. The smallest absolute Gasteiger partial charge is 0.225 e. The lowest BCUT2D eigenvalue weighted by Gasteiger charge is -2.16. The first-order valence-corrected chi connectivity index (χ1v) is 7.54. The summed E-state index contributed by atoms with van der Waals surface area (Å²) in [6.07, 6.45) is 5.36. The summed E-state index contributed by atoms with van der Waals surface area (Å²) in [6.45, 7) is 1.30. The lowest BCUT2D eigenvalue weighted by atomic mass is 10.1. The number of rotatable bonds is 5. The Bertz CT molecular complexity index is 698. The number of carbonyl (C=O) groups is 2. The minimum absolute atomic E-state index is 0.00339. The van der Waals surface area contributed by atoms with E-state index in [2.05, 4.69) is 15.3 Å². The van der Waals surface area contributed by atoms with E-state index in [0.717, 1.165) is 11.4 Å². The van der Waals surface area contributed by atoms with Gasteiger partial charge in [-0.2, -0.15) is 0 Å². The molecule has 23 heavy (non-hydrogen) atoms. The molecule has 0 radical (unpaired) electrons. The maximum Gasteiger partial charge on any atom is 0.225 e. The van der Waals surface area contributed by atoms with Crippen molar-refractivity contribution in [2.75, 3.05) is 6.54 Å². The summed E-state index contributed by atoms with van der Waals surface area (Å²) in [4.78, 5) is 34.3. The fourth-order valence-electron chi connectivity index (χ4n) is 2.66. The second-order valence-electron chi connectivity index (χ2n) is 5.71. The van der Waals surface area contributed by atoms with Crippen molar-refractivity contribution >= 4 is 11.8 Å². The van der Waals surface area contributed by atoms with Gasteiger partial charge in [-0.3, -0.25) is 14.6 Å². The van der Waals surface area contributed by atoms with Crippen LogP contribution in [0.15, 0.2) is 36.9 Å². The zero-order valence-corrected chi connectivity index (χ0v) is 13.0. The van der Waals surface area contributed by atoms with E-state index in [-0.39, 0.29) is 24.2 Å². The van der Waals surface area contributed by atoms with E-state index in [1.165, 1.54) is 0 Å². The van der Waals surface area contributed by atoms with E-state index in [1.54, 1.807) is 23.6 Å². The Morgan fingerprint density at radius 2 is 2.30 bits per heavy atom. The zero-order chi connectivity index (χ0) is 16.2. The van der Waals surface area contributed by atoms with E-state index in [4.69, 9.17) is 0 Å². The van der Waals surface area contributed by atoms with Gasteiger partial charge in [0.2, 0.25) is 11.8 Å². The molecule has 7 nitrogen and oxygen atoms in total. The molecule has 1 aliphatic heterocycles. The van der Waals surface area contributed by atoms with Crippen LogP contribution in [0.2, 0.25) is 0 Å². The fourth-order valence-corrected chi connectivity index (χ4v) is 2.66. The van der Waals surface area contributed by atoms with E-state index < -0.39 is 0 Å². The molecular weight excluding hydrogens is 294 g/mol. The molecule has 1 saturated heterocycles. The van der Waals surface area contributed by atoms with Crippen LogP contribution in [0.3, 0.4) is 0 Å². The molecule has 1 aliphatic rings. The molecule has 7 heteroatoms. The fraction of sp³-hybridized carbons (Fsp3) is 0.375. The molecule has 1 atom stereocenters. The third-order valence-electron chi connectivity index (χ3n) is 4.02. The molecule has 120 valence electrons. The van der Waals surface area contributed by atoms with Crippen molar-refractivity contribution in [2.45, 2.75) is 19.5 Å². The highest BCUT2D eigenvalue weighted by atomic mass is 16.2. The Hall–Kier alpha value is -2.70. The summed E-state index contributed by atoms with van der Waals surface area (Å²) in [5.74, 6) is -0.404. The van der Waals surface area contributed by atoms with E-state index in [0.29, 0.717) is 19.6 Å². The number of aromatic nitrogens is 3. The zero-order valence-electron chi connectivity index (χ0n) is 13.0. The van der Waals surface area contributed by atoms with E-state index in [1.807, 2.05) is 29.8 Å². The van der Waals surface area contributed by atoms with Crippen molar-refractivity contribution in [1.82, 2.24) is 24.8 Å². The summed E-state index contributed by atoms with van der Waals surface area (Å²) in [7, 11) is 1.88. The van der Waals surface area contributed by atoms with Gasteiger partial charge >= 0.3 is 0 Å². The number of pyridine rings is 1. The van der Waals surface area contributed by atoms with Gasteiger partial charge in [0, 0.05) is 32.4 Å². The summed E-state index contributed by atoms with van der Waals surface area (Å²) < 4.78 is 1.85. The van der Waals surface area contributed by atoms with Gasteiger partial charge in [0.05, 0.1) is 36.7 Å². The predicted octanol–water partition coefficient (Wildman–Crippen LogP) is 0.480. The average molecular weight is 313 g/mol. The first-order valence-electron chi connectivity index (χ1n) is 7.54. The topological polar surface area (TPSA) is 80.1 Å². The summed E-state index contributed by atoms with van der Waals surface area (Å²) in [5.41, 5.74) is 1.75. The lowest BCUT2D eigenvalue weighted by molar-refractivity contribution is -0.129. The van der Waals surface area contributed by atoms with Gasteiger partial charge in [-0.15, -0.1) is 0 Å². The van der Waals surface area contributed by atoms with E-state index in [9.17, 15) is 9.59 Å². The minimum Gasteiger partial charge on any atom is -0.350 e. The van der Waals surface area contributed by atoms with Gasteiger partial charge < -0.3 is 14.8 Å². The molecule has 1 unspecified atom stereocenters. The predicted molar refractivity (Wildman–Crippen MR) is 82.8 cm³/mol. The van der Waals surface area contributed by atoms with Gasteiger partial charge in [-0.1, -0.05) is 6.07 Å². The second kappa shape index (κ2) is 6.60. The van der Waals surface area contributed by atoms with Crippen LogP contribution in [0, 0.1) is 5.92 Å². The summed E-state index contributed by atoms with van der Waals surface area (Å²) >= 11 is 0. The first kappa shape index (κ1) is 15.2. The van der Waals surface area contributed by atoms with Gasteiger partial charge in [-0.05, 0) is 12.1 Å². The average Bonchev–Trinajstić information content (AvgIpc) is 3.12. The van der Waals surface area contributed by atoms with Gasteiger partial charge in [0.25, 0.3) is 0 Å². The Kier molecular flexibility index (Phi) is 4.36. The summed E-state index contributed by atoms with van der Waals surface area (Å²) in [5, 5.41) is 2.88. The van der Waals surface area contributed by atoms with Crippen molar-refractivity contribution in [3.63, 3.8) is 0 Å². The van der Waals surface area contributed by atoms with Crippen LogP contribution >= 0.6 is 0 Å². The van der Waals surface area contributed by atoms with Crippen LogP contribution in [0.4, 0.5) is 0 Å². The molecule has 1 N–H and O–H groups in total. The molecule has 1 fully saturated rings. The first-order chi connectivity index (χ1) is 11.1. The van der Waals surface area contributed by atoms with Crippen molar-refractivity contribution in [3.05, 3.63) is 48.3 Å². The van der Waals surface area contributed by atoms with Gasteiger partial charge in [0.1, 0.15) is 0 Å². The van der Waals surface area contributed by atoms with Crippen LogP contribution in [0.25, 0.3) is 0 Å². The second-order valence-corrected chi connectivity index (χ2v) is 5.71. The molecule has 0 bridgehead atoms. The largest absolute Gasteiger partial charge is 0.350 e. The number of nitrogens with zero attached hydrogens (tertiary/aromatic N) is 4. The number of nitrogens with one attached hydrogen (secondary N) is 1. The molecular formula is C16H19N5O2. The van der Waals surface area contributed by atoms with Gasteiger partial charge in [0.15, 0.2) is 0 Å². The van der Waals surface area contributed by atoms with Crippen molar-refractivity contribution in [1.29, 1.82) is 0 Å². The normalized spacial score (nSPS) is 17.5. The third-order valence-corrected chi connectivity index (χ3v) is 4.02. The maximum absolute atomic E-state index is 12.3. The van der Waals surface area contributed by atoms with Crippen LogP contribution in [0.1, 0.15) is 17.8 Å². The highest BCUT2D eigenvalue weighted by molar-refractivity contribution is 5.89. The SMILES string of the molecule is Cn1cncc1CNC(=O)C1CC(=O)N(Cc2ccccn2)C1. The molecule has 2 aromatic rings. The number of amides is 2. The molecule has 2 aromatic heterocycles. The monoisotopic (exact) mass is 313 g/mol. The third kappa shape index (κ3) is 3.56. The number of aryl methyl sites for hydroxylation is 1. The lowest BCUT2D eigenvalue weighted by Crippen LogP contribution is -2.33. The summed E-state index contributed by atoms with van der Waals surface area (Å²) in [6, 6.07) is 5.61. The quantitative estimate of drug-likeness (QED) is 0.871. The van der Waals surface area contributed by atoms with Crippen molar-refractivity contribution < 1.29 is 9.59 Å². The molecule has 3 heterocycles. The Balaban J connectivity index is 1.54. The van der Waals surface area contributed by atoms with E-state index >= 15 is 0 Å². The highest BCUT2D eigenvalue weighted by Crippen LogP contribution is 2.20. The number of carbonyl (C=O) groups excluding carboxylic acids is 2. The molecule has 0 aromatic carbocycles. The molecule has 0 saturated carbocycles. The Labute approximate surface area is 134 Å². The molecule has 0 aliphatic carbocycles. The van der Waals surface area contributed by atoms with Gasteiger partial charge in [-0.25, -0.2) is 4.98 Å². The van der Waals surface area contributed by atoms with Crippen molar-refractivity contribution in [3.8, 4) is 0 Å². The highest BCUT2D eigenvalue weighted by Gasteiger charge is 2.34. The van der Waals surface area contributed by atoms with Crippen LogP contribution in [0.5, 0.6) is 0 Å². The maximum atomic E-state index is 12.3. The molecule has 3 rings (SSSR count).